The number of carbonyl (C=O) groups excluding carboxylic acids is 1. The molecule has 1 aromatic heterocycles. The van der Waals surface area contributed by atoms with Gasteiger partial charge in [0.15, 0.2) is 0 Å². The van der Waals surface area contributed by atoms with Crippen LogP contribution in [0.15, 0.2) is 47.3 Å². The number of carbonyl (C=O) groups is 1. The molecule has 23 heavy (non-hydrogen) atoms. The molecule has 3 rings (SSSR count). The van der Waals surface area contributed by atoms with Crippen LogP contribution in [0.3, 0.4) is 0 Å². The van der Waals surface area contributed by atoms with Crippen LogP contribution in [-0.2, 0) is 6.54 Å². The zero-order chi connectivity index (χ0) is 16.2. The third-order valence-corrected chi connectivity index (χ3v) is 4.02. The number of piperazine rings is 1. The second kappa shape index (κ2) is 6.75. The minimum atomic E-state index is -0.209. The number of nitrogens with one attached hydrogen (secondary N) is 1. The molecule has 0 unspecified atom stereocenters. The van der Waals surface area contributed by atoms with Crippen LogP contribution in [0.1, 0.15) is 23.0 Å². The smallest absolute Gasteiger partial charge is 0.274 e. The van der Waals surface area contributed by atoms with E-state index in [-0.39, 0.29) is 17.5 Å². The molecule has 0 bridgehead atoms. The van der Waals surface area contributed by atoms with Crippen LogP contribution in [0.25, 0.3) is 0 Å². The summed E-state index contributed by atoms with van der Waals surface area (Å²) in [5, 5.41) is 7.52. The van der Waals surface area contributed by atoms with Crippen LogP contribution in [0, 0.1) is 0 Å². The number of hydrogen-bond acceptors (Lipinski definition) is 4. The van der Waals surface area contributed by atoms with E-state index in [2.05, 4.69) is 10.4 Å². The number of nitrogens with zero attached hydrogens (tertiary/aromatic N) is 3. The van der Waals surface area contributed by atoms with E-state index in [1.807, 2.05) is 37.3 Å². The standard InChI is InChI=1S/C17H20N4O2/c1-13-11-18-9-10-20(13)17(23)15-7-8-16(22)21(19-15)12-14-5-3-2-4-6-14/h2-8,13,18H,9-12H2,1H3/t13-/m1/s1. The first kappa shape index (κ1) is 15.4. The molecular formula is C17H20N4O2. The van der Waals surface area contributed by atoms with Gasteiger partial charge in [-0.25, -0.2) is 4.68 Å². The molecule has 2 aromatic rings. The van der Waals surface area contributed by atoms with Crippen molar-refractivity contribution in [1.29, 1.82) is 0 Å². The Kier molecular flexibility index (Phi) is 4.52. The molecule has 6 nitrogen and oxygen atoms in total. The second-order valence-electron chi connectivity index (χ2n) is 5.75. The molecule has 1 atom stereocenters. The minimum absolute atomic E-state index is 0.118. The first-order chi connectivity index (χ1) is 11.1. The maximum Gasteiger partial charge on any atom is 0.274 e. The predicted molar refractivity (Wildman–Crippen MR) is 87.4 cm³/mol. The molecule has 0 radical (unpaired) electrons. The van der Waals surface area contributed by atoms with Gasteiger partial charge in [-0.15, -0.1) is 0 Å². The fourth-order valence-electron chi connectivity index (χ4n) is 2.72. The number of amides is 1. The topological polar surface area (TPSA) is 67.2 Å². The van der Waals surface area contributed by atoms with Crippen molar-refractivity contribution >= 4 is 5.91 Å². The summed E-state index contributed by atoms with van der Waals surface area (Å²) in [7, 11) is 0. The van der Waals surface area contributed by atoms with Crippen molar-refractivity contribution < 1.29 is 4.79 Å². The molecule has 1 fully saturated rings. The summed E-state index contributed by atoms with van der Waals surface area (Å²) in [5.74, 6) is -0.124. The van der Waals surface area contributed by atoms with Gasteiger partial charge in [0.1, 0.15) is 5.69 Å². The highest BCUT2D eigenvalue weighted by Crippen LogP contribution is 2.08. The van der Waals surface area contributed by atoms with Gasteiger partial charge in [0, 0.05) is 31.7 Å². The molecule has 1 amide bonds. The van der Waals surface area contributed by atoms with Gasteiger partial charge in [-0.2, -0.15) is 5.10 Å². The van der Waals surface area contributed by atoms with Crippen LogP contribution >= 0.6 is 0 Å². The number of hydrogen-bond donors (Lipinski definition) is 1. The summed E-state index contributed by atoms with van der Waals surface area (Å²) in [6.07, 6.45) is 0. The van der Waals surface area contributed by atoms with Crippen molar-refractivity contribution in [2.24, 2.45) is 0 Å². The van der Waals surface area contributed by atoms with Crippen molar-refractivity contribution in [3.63, 3.8) is 0 Å². The molecule has 1 aliphatic rings. The Morgan fingerprint density at radius 1 is 1.26 bits per heavy atom. The minimum Gasteiger partial charge on any atom is -0.332 e. The highest BCUT2D eigenvalue weighted by atomic mass is 16.2. The van der Waals surface area contributed by atoms with Gasteiger partial charge >= 0.3 is 0 Å². The third-order valence-electron chi connectivity index (χ3n) is 4.02. The molecule has 0 spiro atoms. The summed E-state index contributed by atoms with van der Waals surface area (Å²) in [6.45, 7) is 4.57. The molecule has 0 aliphatic carbocycles. The summed E-state index contributed by atoms with van der Waals surface area (Å²) in [5.41, 5.74) is 1.08. The van der Waals surface area contributed by atoms with Crippen LogP contribution in [0.4, 0.5) is 0 Å². The maximum atomic E-state index is 12.6. The van der Waals surface area contributed by atoms with E-state index in [0.717, 1.165) is 18.7 Å². The summed E-state index contributed by atoms with van der Waals surface area (Å²) in [4.78, 5) is 26.5. The molecule has 2 heterocycles. The van der Waals surface area contributed by atoms with E-state index in [1.54, 1.807) is 4.90 Å². The molecular weight excluding hydrogens is 292 g/mol. The first-order valence-electron chi connectivity index (χ1n) is 7.79. The average molecular weight is 312 g/mol. The number of benzene rings is 1. The summed E-state index contributed by atoms with van der Waals surface area (Å²) >= 11 is 0. The lowest BCUT2D eigenvalue weighted by molar-refractivity contribution is 0.0647. The van der Waals surface area contributed by atoms with E-state index in [9.17, 15) is 9.59 Å². The van der Waals surface area contributed by atoms with Crippen LogP contribution in [0.5, 0.6) is 0 Å². The molecule has 1 aliphatic heterocycles. The van der Waals surface area contributed by atoms with Crippen molar-refractivity contribution in [2.75, 3.05) is 19.6 Å². The molecule has 1 N–H and O–H groups in total. The van der Waals surface area contributed by atoms with Crippen LogP contribution < -0.4 is 10.9 Å². The van der Waals surface area contributed by atoms with Gasteiger partial charge < -0.3 is 10.2 Å². The Labute approximate surface area is 134 Å². The molecule has 6 heteroatoms. The third kappa shape index (κ3) is 3.48. The molecule has 120 valence electrons. The SMILES string of the molecule is C[C@@H]1CNCCN1C(=O)c1ccc(=O)n(Cc2ccccc2)n1. The van der Waals surface area contributed by atoms with Crippen molar-refractivity contribution in [1.82, 2.24) is 20.0 Å². The molecule has 1 saturated heterocycles. The van der Waals surface area contributed by atoms with Crippen molar-refractivity contribution in [2.45, 2.75) is 19.5 Å². The van der Waals surface area contributed by atoms with Crippen LogP contribution in [-0.4, -0.2) is 46.3 Å². The van der Waals surface area contributed by atoms with Gasteiger partial charge in [0.05, 0.1) is 6.54 Å². The van der Waals surface area contributed by atoms with Gasteiger partial charge in [-0.1, -0.05) is 30.3 Å². The van der Waals surface area contributed by atoms with Gasteiger partial charge in [0.25, 0.3) is 11.5 Å². The lowest BCUT2D eigenvalue weighted by Crippen LogP contribution is -2.52. The van der Waals surface area contributed by atoms with Gasteiger partial charge in [-0.3, -0.25) is 9.59 Å². The van der Waals surface area contributed by atoms with E-state index in [0.29, 0.717) is 18.8 Å². The highest BCUT2D eigenvalue weighted by molar-refractivity contribution is 5.92. The largest absolute Gasteiger partial charge is 0.332 e. The monoisotopic (exact) mass is 312 g/mol. The van der Waals surface area contributed by atoms with Gasteiger partial charge in [0.2, 0.25) is 0 Å². The Balaban J connectivity index is 1.85. The zero-order valence-corrected chi connectivity index (χ0v) is 13.1. The number of aromatic nitrogens is 2. The Morgan fingerprint density at radius 3 is 2.78 bits per heavy atom. The Hall–Kier alpha value is -2.47. The fourth-order valence-corrected chi connectivity index (χ4v) is 2.72. The highest BCUT2D eigenvalue weighted by Gasteiger charge is 2.25. The lowest BCUT2D eigenvalue weighted by Gasteiger charge is -2.33. The van der Waals surface area contributed by atoms with Gasteiger partial charge in [-0.05, 0) is 18.6 Å². The maximum absolute atomic E-state index is 12.6. The summed E-state index contributed by atoms with van der Waals surface area (Å²) in [6, 6.07) is 12.7. The van der Waals surface area contributed by atoms with Crippen LogP contribution in [0.2, 0.25) is 0 Å². The number of rotatable bonds is 3. The lowest BCUT2D eigenvalue weighted by atomic mass is 10.2. The normalized spacial score (nSPS) is 18.0. The van der Waals surface area contributed by atoms with Crippen molar-refractivity contribution in [3.8, 4) is 0 Å². The first-order valence-corrected chi connectivity index (χ1v) is 7.79. The molecule has 1 aromatic carbocycles. The van der Waals surface area contributed by atoms with E-state index >= 15 is 0 Å². The molecule has 0 saturated carbocycles. The van der Waals surface area contributed by atoms with E-state index in [1.165, 1.54) is 16.8 Å². The quantitative estimate of drug-likeness (QED) is 0.907. The second-order valence-corrected chi connectivity index (χ2v) is 5.75. The zero-order valence-electron chi connectivity index (χ0n) is 13.1. The summed E-state index contributed by atoms with van der Waals surface area (Å²) < 4.78 is 1.34. The van der Waals surface area contributed by atoms with E-state index in [4.69, 9.17) is 0 Å². The van der Waals surface area contributed by atoms with Crippen molar-refractivity contribution in [3.05, 3.63) is 64.1 Å². The van der Waals surface area contributed by atoms with E-state index < -0.39 is 0 Å². The average Bonchev–Trinajstić information content (AvgIpc) is 2.58. The Bertz CT molecular complexity index is 742. The predicted octanol–water partition coefficient (Wildman–Crippen LogP) is 0.725. The fraction of sp³-hybridized carbons (Fsp3) is 0.353. The Morgan fingerprint density at radius 2 is 2.04 bits per heavy atom.